The van der Waals surface area contributed by atoms with E-state index in [0.29, 0.717) is 12.6 Å². The molecule has 1 aliphatic heterocycles. The Morgan fingerprint density at radius 1 is 1.47 bits per heavy atom. The van der Waals surface area contributed by atoms with Crippen molar-refractivity contribution in [2.24, 2.45) is 5.92 Å². The summed E-state index contributed by atoms with van der Waals surface area (Å²) in [4.78, 5) is 14.0. The molecule has 17 heavy (non-hydrogen) atoms. The molecule has 4 heteroatoms. The lowest BCUT2D eigenvalue weighted by molar-refractivity contribution is -0.147. The van der Waals surface area contributed by atoms with Crippen LogP contribution < -0.4 is 5.32 Å². The van der Waals surface area contributed by atoms with Gasteiger partial charge in [0.05, 0.1) is 12.5 Å². The normalized spacial score (nSPS) is 27.1. The molecule has 1 saturated carbocycles. The van der Waals surface area contributed by atoms with Crippen molar-refractivity contribution in [3.8, 4) is 0 Å². The molecule has 0 spiro atoms. The van der Waals surface area contributed by atoms with Gasteiger partial charge in [0.2, 0.25) is 0 Å². The van der Waals surface area contributed by atoms with Gasteiger partial charge in [-0.25, -0.2) is 0 Å². The number of carbonyl (C=O) groups is 1. The Morgan fingerprint density at radius 2 is 2.24 bits per heavy atom. The maximum absolute atomic E-state index is 11.5. The maximum atomic E-state index is 11.5. The highest BCUT2D eigenvalue weighted by molar-refractivity contribution is 5.72. The average molecular weight is 240 g/mol. The highest BCUT2D eigenvalue weighted by Crippen LogP contribution is 2.29. The van der Waals surface area contributed by atoms with Gasteiger partial charge in [-0.1, -0.05) is 6.92 Å². The van der Waals surface area contributed by atoms with Crippen LogP contribution in [0.5, 0.6) is 0 Å². The number of hydrogen-bond acceptors (Lipinski definition) is 4. The van der Waals surface area contributed by atoms with Gasteiger partial charge in [0.25, 0.3) is 0 Å². The van der Waals surface area contributed by atoms with Crippen LogP contribution in [-0.4, -0.2) is 49.2 Å². The monoisotopic (exact) mass is 240 g/mol. The maximum Gasteiger partial charge on any atom is 0.309 e. The SMILES string of the molecule is CCOC(=O)C(C)CNC1CCN(C2CC2)C1. The van der Waals surface area contributed by atoms with Crippen molar-refractivity contribution in [1.82, 2.24) is 10.2 Å². The van der Waals surface area contributed by atoms with E-state index in [2.05, 4.69) is 10.2 Å². The molecule has 4 nitrogen and oxygen atoms in total. The van der Waals surface area contributed by atoms with E-state index in [1.807, 2.05) is 13.8 Å². The van der Waals surface area contributed by atoms with Gasteiger partial charge in [-0.2, -0.15) is 0 Å². The Kier molecular flexibility index (Phi) is 4.40. The number of esters is 1. The molecule has 0 aromatic heterocycles. The number of rotatable bonds is 6. The molecule has 2 aliphatic rings. The van der Waals surface area contributed by atoms with E-state index in [1.165, 1.54) is 25.8 Å². The molecular weight excluding hydrogens is 216 g/mol. The average Bonchev–Trinajstić information content (AvgIpc) is 3.06. The number of likely N-dealkylation sites (tertiary alicyclic amines) is 1. The Bertz CT molecular complexity index is 266. The van der Waals surface area contributed by atoms with Crippen LogP contribution in [0, 0.1) is 5.92 Å². The zero-order valence-corrected chi connectivity index (χ0v) is 10.9. The van der Waals surface area contributed by atoms with E-state index in [4.69, 9.17) is 4.74 Å². The number of carbonyl (C=O) groups excluding carboxylic acids is 1. The number of nitrogens with one attached hydrogen (secondary N) is 1. The van der Waals surface area contributed by atoms with Crippen LogP contribution in [0.4, 0.5) is 0 Å². The molecule has 1 heterocycles. The van der Waals surface area contributed by atoms with Gasteiger partial charge in [0.15, 0.2) is 0 Å². The quantitative estimate of drug-likeness (QED) is 0.704. The van der Waals surface area contributed by atoms with Crippen molar-refractivity contribution >= 4 is 5.97 Å². The minimum atomic E-state index is -0.0861. The lowest BCUT2D eigenvalue weighted by Gasteiger charge is -2.17. The van der Waals surface area contributed by atoms with Gasteiger partial charge < -0.3 is 10.1 Å². The summed E-state index contributed by atoms with van der Waals surface area (Å²) in [5.41, 5.74) is 0. The molecule has 2 rings (SSSR count). The van der Waals surface area contributed by atoms with E-state index < -0.39 is 0 Å². The van der Waals surface area contributed by atoms with Crippen LogP contribution in [0.3, 0.4) is 0 Å². The molecule has 0 aromatic carbocycles. The zero-order valence-electron chi connectivity index (χ0n) is 10.9. The van der Waals surface area contributed by atoms with Gasteiger partial charge in [-0.15, -0.1) is 0 Å². The fourth-order valence-corrected chi connectivity index (χ4v) is 2.44. The van der Waals surface area contributed by atoms with Crippen molar-refractivity contribution in [1.29, 1.82) is 0 Å². The Morgan fingerprint density at radius 3 is 2.88 bits per heavy atom. The fraction of sp³-hybridized carbons (Fsp3) is 0.923. The van der Waals surface area contributed by atoms with E-state index in [0.717, 1.165) is 19.1 Å². The molecule has 2 unspecified atom stereocenters. The summed E-state index contributed by atoms with van der Waals surface area (Å²) in [6, 6.07) is 1.43. The van der Waals surface area contributed by atoms with Crippen molar-refractivity contribution in [2.45, 2.75) is 45.2 Å². The van der Waals surface area contributed by atoms with Crippen LogP contribution in [0.1, 0.15) is 33.1 Å². The zero-order chi connectivity index (χ0) is 12.3. The summed E-state index contributed by atoms with van der Waals surface area (Å²) in [5.74, 6) is -0.123. The standard InChI is InChI=1S/C13H24N2O2/c1-3-17-13(16)10(2)8-14-11-6-7-15(9-11)12-4-5-12/h10-12,14H,3-9H2,1-2H3. The first-order valence-corrected chi connectivity index (χ1v) is 6.84. The molecular formula is C13H24N2O2. The second-order valence-electron chi connectivity index (χ2n) is 5.27. The second kappa shape index (κ2) is 5.83. The third kappa shape index (κ3) is 3.68. The minimum Gasteiger partial charge on any atom is -0.466 e. The van der Waals surface area contributed by atoms with E-state index in [-0.39, 0.29) is 11.9 Å². The molecule has 1 aliphatic carbocycles. The molecule has 2 atom stereocenters. The van der Waals surface area contributed by atoms with Crippen molar-refractivity contribution in [3.63, 3.8) is 0 Å². The molecule has 0 aromatic rings. The largest absolute Gasteiger partial charge is 0.466 e. The Hall–Kier alpha value is -0.610. The molecule has 0 amide bonds. The van der Waals surface area contributed by atoms with Crippen LogP contribution >= 0.6 is 0 Å². The molecule has 2 fully saturated rings. The lowest BCUT2D eigenvalue weighted by atomic mass is 10.1. The summed E-state index contributed by atoms with van der Waals surface area (Å²) in [6.07, 6.45) is 3.98. The molecule has 1 saturated heterocycles. The summed E-state index contributed by atoms with van der Waals surface area (Å²) < 4.78 is 5.00. The van der Waals surface area contributed by atoms with Crippen LogP contribution in [0.25, 0.3) is 0 Å². The van der Waals surface area contributed by atoms with E-state index in [9.17, 15) is 4.79 Å². The van der Waals surface area contributed by atoms with Crippen molar-refractivity contribution < 1.29 is 9.53 Å². The summed E-state index contributed by atoms with van der Waals surface area (Å²) in [5, 5.41) is 3.49. The summed E-state index contributed by atoms with van der Waals surface area (Å²) >= 11 is 0. The highest BCUT2D eigenvalue weighted by Gasteiger charge is 2.34. The number of nitrogens with zero attached hydrogens (tertiary/aromatic N) is 1. The molecule has 0 bridgehead atoms. The molecule has 98 valence electrons. The number of ether oxygens (including phenoxy) is 1. The smallest absolute Gasteiger partial charge is 0.309 e. The predicted octanol–water partition coefficient (Wildman–Crippen LogP) is 1.01. The molecule has 0 radical (unpaired) electrons. The first-order valence-electron chi connectivity index (χ1n) is 6.84. The topological polar surface area (TPSA) is 41.6 Å². The van der Waals surface area contributed by atoms with Crippen LogP contribution in [0.15, 0.2) is 0 Å². The van der Waals surface area contributed by atoms with Crippen molar-refractivity contribution in [3.05, 3.63) is 0 Å². The van der Waals surface area contributed by atoms with Gasteiger partial charge in [-0.3, -0.25) is 9.69 Å². The van der Waals surface area contributed by atoms with Gasteiger partial charge >= 0.3 is 5.97 Å². The van der Waals surface area contributed by atoms with Gasteiger partial charge in [0, 0.05) is 31.7 Å². The first kappa shape index (κ1) is 12.8. The third-order valence-corrected chi connectivity index (χ3v) is 3.68. The predicted molar refractivity (Wildman–Crippen MR) is 66.8 cm³/mol. The first-order chi connectivity index (χ1) is 8.20. The second-order valence-corrected chi connectivity index (χ2v) is 5.27. The number of hydrogen-bond donors (Lipinski definition) is 1. The molecule has 1 N–H and O–H groups in total. The summed E-state index contributed by atoms with van der Waals surface area (Å²) in [7, 11) is 0. The third-order valence-electron chi connectivity index (χ3n) is 3.68. The van der Waals surface area contributed by atoms with Crippen LogP contribution in [-0.2, 0) is 9.53 Å². The van der Waals surface area contributed by atoms with Crippen LogP contribution in [0.2, 0.25) is 0 Å². The van der Waals surface area contributed by atoms with E-state index >= 15 is 0 Å². The Labute approximate surface area is 104 Å². The van der Waals surface area contributed by atoms with Gasteiger partial charge in [0.1, 0.15) is 0 Å². The van der Waals surface area contributed by atoms with Crippen molar-refractivity contribution in [2.75, 3.05) is 26.2 Å². The lowest BCUT2D eigenvalue weighted by Crippen LogP contribution is -2.37. The van der Waals surface area contributed by atoms with Gasteiger partial charge in [-0.05, 0) is 26.2 Å². The highest BCUT2D eigenvalue weighted by atomic mass is 16.5. The Balaban J connectivity index is 1.63. The van der Waals surface area contributed by atoms with E-state index in [1.54, 1.807) is 0 Å². The summed E-state index contributed by atoms with van der Waals surface area (Å²) in [6.45, 7) is 7.36. The fourth-order valence-electron chi connectivity index (χ4n) is 2.44. The minimum absolute atomic E-state index is 0.0371.